The molecule has 4 rings (SSSR count). The summed E-state index contributed by atoms with van der Waals surface area (Å²) in [5, 5.41) is 0. The Bertz CT molecular complexity index is 768. The zero-order valence-electron chi connectivity index (χ0n) is 19.9. The van der Waals surface area contributed by atoms with Crippen LogP contribution < -0.4 is 4.90 Å². The molecule has 3 aliphatic rings. The van der Waals surface area contributed by atoms with Gasteiger partial charge >= 0.3 is 0 Å². The summed E-state index contributed by atoms with van der Waals surface area (Å²) in [6.45, 7) is 7.59. The lowest BCUT2D eigenvalue weighted by Crippen LogP contribution is -2.43. The number of anilines is 1. The van der Waals surface area contributed by atoms with E-state index in [1.165, 1.54) is 25.7 Å². The van der Waals surface area contributed by atoms with Crippen molar-refractivity contribution in [2.24, 2.45) is 11.8 Å². The van der Waals surface area contributed by atoms with E-state index in [0.717, 1.165) is 82.5 Å². The van der Waals surface area contributed by atoms with Crippen molar-refractivity contribution in [2.75, 3.05) is 37.6 Å². The maximum atomic E-state index is 13.6. The van der Waals surface area contributed by atoms with Crippen LogP contribution in [0.25, 0.3) is 0 Å². The molecule has 176 valence electrons. The summed E-state index contributed by atoms with van der Waals surface area (Å²) in [6, 6.07) is 8.32. The van der Waals surface area contributed by atoms with Gasteiger partial charge in [-0.05, 0) is 69.8 Å². The molecule has 2 fully saturated rings. The van der Waals surface area contributed by atoms with E-state index in [4.69, 9.17) is 0 Å². The van der Waals surface area contributed by atoms with E-state index in [2.05, 4.69) is 34.9 Å². The second-order valence-corrected chi connectivity index (χ2v) is 9.98. The summed E-state index contributed by atoms with van der Waals surface area (Å²) in [5.74, 6) is 0.965. The van der Waals surface area contributed by atoms with Crippen LogP contribution in [0, 0.1) is 11.8 Å². The number of hydrogen-bond acceptors (Lipinski definition) is 3. The average Bonchev–Trinajstić information content (AvgIpc) is 3.67. The molecule has 0 unspecified atom stereocenters. The van der Waals surface area contributed by atoms with Crippen LogP contribution in [-0.2, 0) is 16.1 Å². The number of hydrogen-bond donors (Lipinski definition) is 0. The van der Waals surface area contributed by atoms with Gasteiger partial charge in [0.25, 0.3) is 0 Å². The van der Waals surface area contributed by atoms with E-state index in [1.54, 1.807) is 0 Å². The Balaban J connectivity index is 1.55. The Labute approximate surface area is 194 Å². The highest BCUT2D eigenvalue weighted by Crippen LogP contribution is 2.34. The average molecular weight is 440 g/mol. The molecule has 2 heterocycles. The SMILES string of the molecule is CCN1CCC(C(=O)N2CCCCCCCCN(C(=O)C3CC3)c3ccccc3C2)CC1. The zero-order chi connectivity index (χ0) is 22.3. The number of carbonyl (C=O) groups excluding carboxylic acids is 2. The topological polar surface area (TPSA) is 43.9 Å². The van der Waals surface area contributed by atoms with Crippen LogP contribution >= 0.6 is 0 Å². The van der Waals surface area contributed by atoms with Gasteiger partial charge in [0, 0.05) is 37.2 Å². The van der Waals surface area contributed by atoms with Crippen LogP contribution in [-0.4, -0.2) is 54.3 Å². The van der Waals surface area contributed by atoms with Crippen LogP contribution in [0.1, 0.15) is 76.7 Å². The third-order valence-electron chi connectivity index (χ3n) is 7.59. The highest BCUT2D eigenvalue weighted by atomic mass is 16.2. The number of rotatable bonds is 3. The van der Waals surface area contributed by atoms with Crippen molar-refractivity contribution in [3.05, 3.63) is 29.8 Å². The van der Waals surface area contributed by atoms with Gasteiger partial charge in [0.2, 0.25) is 11.8 Å². The fourth-order valence-corrected chi connectivity index (χ4v) is 5.31. The van der Waals surface area contributed by atoms with Crippen LogP contribution in [0.15, 0.2) is 24.3 Å². The van der Waals surface area contributed by atoms with Gasteiger partial charge in [0.05, 0.1) is 0 Å². The maximum Gasteiger partial charge on any atom is 0.230 e. The Morgan fingerprint density at radius 1 is 0.781 bits per heavy atom. The molecule has 0 N–H and O–H groups in total. The third-order valence-corrected chi connectivity index (χ3v) is 7.59. The molecule has 32 heavy (non-hydrogen) atoms. The first kappa shape index (κ1) is 23.3. The van der Waals surface area contributed by atoms with Gasteiger partial charge in [-0.15, -0.1) is 0 Å². The highest BCUT2D eigenvalue weighted by molar-refractivity contribution is 5.97. The second kappa shape index (κ2) is 11.3. The molecule has 0 spiro atoms. The van der Waals surface area contributed by atoms with E-state index < -0.39 is 0 Å². The molecule has 1 aromatic carbocycles. The first-order chi connectivity index (χ1) is 15.7. The van der Waals surface area contributed by atoms with Crippen molar-refractivity contribution in [1.82, 2.24) is 9.80 Å². The molecule has 0 aromatic heterocycles. The summed E-state index contributed by atoms with van der Waals surface area (Å²) in [7, 11) is 0. The Morgan fingerprint density at radius 2 is 1.41 bits per heavy atom. The quantitative estimate of drug-likeness (QED) is 0.677. The van der Waals surface area contributed by atoms with E-state index in [1.807, 2.05) is 11.0 Å². The Hall–Kier alpha value is -1.88. The minimum Gasteiger partial charge on any atom is -0.338 e. The summed E-state index contributed by atoms with van der Waals surface area (Å²) < 4.78 is 0. The van der Waals surface area contributed by atoms with Crippen molar-refractivity contribution >= 4 is 17.5 Å². The van der Waals surface area contributed by atoms with E-state index in [-0.39, 0.29) is 17.7 Å². The lowest BCUT2D eigenvalue weighted by Gasteiger charge is -2.34. The maximum absolute atomic E-state index is 13.6. The minimum absolute atomic E-state index is 0.143. The number of likely N-dealkylation sites (tertiary alicyclic amines) is 1. The first-order valence-corrected chi connectivity index (χ1v) is 13.1. The fourth-order valence-electron chi connectivity index (χ4n) is 5.31. The Kier molecular flexibility index (Phi) is 8.23. The molecule has 1 aliphatic carbocycles. The van der Waals surface area contributed by atoms with Crippen molar-refractivity contribution in [3.8, 4) is 0 Å². The molecule has 0 atom stereocenters. The van der Waals surface area contributed by atoms with Crippen molar-refractivity contribution in [1.29, 1.82) is 0 Å². The fraction of sp³-hybridized carbons (Fsp3) is 0.704. The molecule has 5 nitrogen and oxygen atoms in total. The zero-order valence-corrected chi connectivity index (χ0v) is 19.9. The number of piperidine rings is 1. The summed E-state index contributed by atoms with van der Waals surface area (Å²) in [6.07, 6.45) is 10.9. The molecule has 2 aliphatic heterocycles. The van der Waals surface area contributed by atoms with E-state index >= 15 is 0 Å². The number of fused-ring (bicyclic) bond motifs is 1. The van der Waals surface area contributed by atoms with Crippen molar-refractivity contribution < 1.29 is 9.59 Å². The van der Waals surface area contributed by atoms with Crippen LogP contribution in [0.3, 0.4) is 0 Å². The lowest BCUT2D eigenvalue weighted by molar-refractivity contribution is -0.137. The third kappa shape index (κ3) is 5.92. The van der Waals surface area contributed by atoms with Gasteiger partial charge in [0.1, 0.15) is 0 Å². The smallest absolute Gasteiger partial charge is 0.230 e. The molecule has 1 aromatic rings. The molecular weight excluding hydrogens is 398 g/mol. The van der Waals surface area contributed by atoms with Crippen LogP contribution in [0.2, 0.25) is 0 Å². The van der Waals surface area contributed by atoms with Gasteiger partial charge in [-0.3, -0.25) is 9.59 Å². The van der Waals surface area contributed by atoms with Gasteiger partial charge in [-0.25, -0.2) is 0 Å². The number of carbonyl (C=O) groups is 2. The molecule has 5 heteroatoms. The molecule has 1 saturated heterocycles. The number of nitrogens with zero attached hydrogens (tertiary/aromatic N) is 3. The minimum atomic E-state index is 0.143. The van der Waals surface area contributed by atoms with Gasteiger partial charge in [-0.2, -0.15) is 0 Å². The van der Waals surface area contributed by atoms with Crippen molar-refractivity contribution in [2.45, 2.75) is 77.7 Å². The normalized spacial score (nSPS) is 22.4. The number of amides is 2. The van der Waals surface area contributed by atoms with E-state index in [0.29, 0.717) is 12.5 Å². The standard InChI is InChI=1S/C27H41N3O2/c1-2-28-19-15-23(16-20-28)26(31)29-17-9-5-3-4-6-10-18-30(27(32)22-13-14-22)25-12-8-7-11-24(25)21-29/h7-8,11-12,22-23H,2-6,9-10,13-21H2,1H3. The molecule has 0 bridgehead atoms. The monoisotopic (exact) mass is 439 g/mol. The van der Waals surface area contributed by atoms with E-state index in [9.17, 15) is 9.59 Å². The van der Waals surface area contributed by atoms with Gasteiger partial charge in [0.15, 0.2) is 0 Å². The highest BCUT2D eigenvalue weighted by Gasteiger charge is 2.35. The van der Waals surface area contributed by atoms with Crippen LogP contribution in [0.5, 0.6) is 0 Å². The first-order valence-electron chi connectivity index (χ1n) is 13.1. The predicted molar refractivity (Wildman–Crippen MR) is 129 cm³/mol. The lowest BCUT2D eigenvalue weighted by atomic mass is 9.94. The summed E-state index contributed by atoms with van der Waals surface area (Å²) in [5.41, 5.74) is 2.15. The summed E-state index contributed by atoms with van der Waals surface area (Å²) >= 11 is 0. The second-order valence-electron chi connectivity index (χ2n) is 9.98. The Morgan fingerprint density at radius 3 is 2.09 bits per heavy atom. The molecule has 2 amide bonds. The number of para-hydroxylation sites is 1. The molecule has 1 saturated carbocycles. The largest absolute Gasteiger partial charge is 0.338 e. The van der Waals surface area contributed by atoms with Gasteiger partial charge in [-0.1, -0.05) is 50.8 Å². The summed E-state index contributed by atoms with van der Waals surface area (Å²) in [4.78, 5) is 33.4. The predicted octanol–water partition coefficient (Wildman–Crippen LogP) is 4.84. The van der Waals surface area contributed by atoms with Gasteiger partial charge < -0.3 is 14.7 Å². The van der Waals surface area contributed by atoms with Crippen LogP contribution in [0.4, 0.5) is 5.69 Å². The van der Waals surface area contributed by atoms with Crippen molar-refractivity contribution in [3.63, 3.8) is 0 Å². The molecule has 0 radical (unpaired) electrons. The number of benzene rings is 1. The molecular formula is C27H41N3O2.